The maximum absolute atomic E-state index is 11.3. The van der Waals surface area contributed by atoms with Crippen LogP contribution in [0.2, 0.25) is 0 Å². The second-order valence-corrected chi connectivity index (χ2v) is 4.34. The number of rotatable bonds is 2. The number of alkyl halides is 1. The van der Waals surface area contributed by atoms with Gasteiger partial charge in [-0.15, -0.1) is 11.6 Å². The Bertz CT molecular complexity index is 479. The van der Waals surface area contributed by atoms with Crippen LogP contribution in [0, 0.1) is 0 Å². The molecule has 1 aliphatic heterocycles. The van der Waals surface area contributed by atoms with Crippen molar-refractivity contribution in [3.8, 4) is 0 Å². The van der Waals surface area contributed by atoms with E-state index in [2.05, 4.69) is 25.9 Å². The number of hydrogen-bond acceptors (Lipinski definition) is 3. The van der Waals surface area contributed by atoms with Crippen LogP contribution in [0.15, 0.2) is 39.5 Å². The number of carbonyl (C=O) groups is 1. The van der Waals surface area contributed by atoms with Crippen LogP contribution in [0.5, 0.6) is 0 Å². The van der Waals surface area contributed by atoms with Crippen molar-refractivity contribution in [3.63, 3.8) is 0 Å². The summed E-state index contributed by atoms with van der Waals surface area (Å²) in [4.78, 5) is 15.9. The van der Waals surface area contributed by atoms with Crippen LogP contribution in [-0.4, -0.2) is 17.6 Å². The van der Waals surface area contributed by atoms with E-state index in [0.717, 1.165) is 10.0 Å². The first kappa shape index (κ1) is 11.4. The van der Waals surface area contributed by atoms with E-state index in [0.29, 0.717) is 11.3 Å². The molecule has 16 heavy (non-hydrogen) atoms. The summed E-state index contributed by atoms with van der Waals surface area (Å²) in [5.74, 6) is -0.299. The lowest BCUT2D eigenvalue weighted by Crippen LogP contribution is -2.06. The summed E-state index contributed by atoms with van der Waals surface area (Å²) in [5.41, 5.74) is 1.78. The van der Waals surface area contributed by atoms with Crippen LogP contribution in [0.25, 0.3) is 6.08 Å². The monoisotopic (exact) mass is 299 g/mol. The van der Waals surface area contributed by atoms with Crippen molar-refractivity contribution in [3.05, 3.63) is 39.9 Å². The molecule has 0 saturated heterocycles. The molecule has 1 aromatic carbocycles. The molecule has 0 unspecified atom stereocenters. The first-order chi connectivity index (χ1) is 7.70. The Morgan fingerprint density at radius 1 is 1.38 bits per heavy atom. The predicted molar refractivity (Wildman–Crippen MR) is 66.4 cm³/mol. The van der Waals surface area contributed by atoms with Gasteiger partial charge in [-0.3, -0.25) is 0 Å². The Hall–Kier alpha value is -1.13. The van der Waals surface area contributed by atoms with Gasteiger partial charge in [0.25, 0.3) is 0 Å². The lowest BCUT2D eigenvalue weighted by molar-refractivity contribution is -0.136. The third kappa shape index (κ3) is 2.33. The number of carbonyl (C=O) groups excluding carboxylic acids is 1. The number of nitrogens with zero attached hydrogens (tertiary/aromatic N) is 1. The summed E-state index contributed by atoms with van der Waals surface area (Å²) in [7, 11) is 0. The second kappa shape index (κ2) is 4.80. The summed E-state index contributed by atoms with van der Waals surface area (Å²) in [6.07, 6.45) is 1.71. The van der Waals surface area contributed by atoms with Crippen molar-refractivity contribution >= 4 is 45.3 Å². The highest BCUT2D eigenvalue weighted by Crippen LogP contribution is 2.18. The van der Waals surface area contributed by atoms with Gasteiger partial charge in [0.2, 0.25) is 0 Å². The molecule has 0 aromatic heterocycles. The predicted octanol–water partition coefficient (Wildman–Crippen LogP) is 2.98. The normalized spacial score (nSPS) is 17.5. The number of hydrogen-bond donors (Lipinski definition) is 0. The fraction of sp³-hybridized carbons (Fsp3) is 0.0909. The SMILES string of the molecule is O=C1ON=C(CCl)/C1=C/c1ccc(Br)cc1. The molecule has 1 heterocycles. The van der Waals surface area contributed by atoms with Gasteiger partial charge < -0.3 is 4.84 Å². The van der Waals surface area contributed by atoms with Crippen molar-refractivity contribution in [2.75, 3.05) is 5.88 Å². The Morgan fingerprint density at radius 2 is 2.06 bits per heavy atom. The van der Waals surface area contributed by atoms with E-state index in [1.54, 1.807) is 6.08 Å². The van der Waals surface area contributed by atoms with Crippen LogP contribution in [0.1, 0.15) is 5.56 Å². The smallest absolute Gasteiger partial charge is 0.312 e. The van der Waals surface area contributed by atoms with Crippen molar-refractivity contribution in [1.82, 2.24) is 0 Å². The van der Waals surface area contributed by atoms with Crippen molar-refractivity contribution in [2.24, 2.45) is 5.16 Å². The van der Waals surface area contributed by atoms with E-state index < -0.39 is 5.97 Å². The molecule has 82 valence electrons. The summed E-state index contributed by atoms with van der Waals surface area (Å²) >= 11 is 8.99. The van der Waals surface area contributed by atoms with Crippen molar-refractivity contribution < 1.29 is 9.63 Å². The average molecular weight is 301 g/mol. The lowest BCUT2D eigenvalue weighted by atomic mass is 10.1. The van der Waals surface area contributed by atoms with E-state index in [-0.39, 0.29) is 5.88 Å². The minimum atomic E-state index is -0.460. The van der Waals surface area contributed by atoms with Gasteiger partial charge in [-0.1, -0.05) is 33.2 Å². The molecule has 1 aromatic rings. The molecule has 0 amide bonds. The molecule has 0 fully saturated rings. The molecular weight excluding hydrogens is 293 g/mol. The molecule has 1 aliphatic rings. The van der Waals surface area contributed by atoms with Gasteiger partial charge in [0.05, 0.1) is 11.5 Å². The highest BCUT2D eigenvalue weighted by atomic mass is 79.9. The molecule has 0 N–H and O–H groups in total. The van der Waals surface area contributed by atoms with Crippen molar-refractivity contribution in [1.29, 1.82) is 0 Å². The molecule has 2 rings (SSSR count). The highest BCUT2D eigenvalue weighted by molar-refractivity contribution is 9.10. The van der Waals surface area contributed by atoms with Crippen molar-refractivity contribution in [2.45, 2.75) is 0 Å². The molecule has 0 bridgehead atoms. The molecule has 0 atom stereocenters. The van der Waals surface area contributed by atoms with E-state index in [4.69, 9.17) is 11.6 Å². The molecule has 3 nitrogen and oxygen atoms in total. The third-order valence-electron chi connectivity index (χ3n) is 2.08. The topological polar surface area (TPSA) is 38.7 Å². The summed E-state index contributed by atoms with van der Waals surface area (Å²) in [5, 5.41) is 3.59. The number of halogens is 2. The number of benzene rings is 1. The largest absolute Gasteiger partial charge is 0.367 e. The summed E-state index contributed by atoms with van der Waals surface area (Å²) in [6, 6.07) is 7.55. The first-order valence-electron chi connectivity index (χ1n) is 4.52. The quantitative estimate of drug-likeness (QED) is 0.478. The zero-order chi connectivity index (χ0) is 11.5. The second-order valence-electron chi connectivity index (χ2n) is 3.16. The van der Waals surface area contributed by atoms with Crippen LogP contribution in [-0.2, 0) is 9.63 Å². The van der Waals surface area contributed by atoms with E-state index in [1.165, 1.54) is 0 Å². The minimum absolute atomic E-state index is 0.161. The maximum atomic E-state index is 11.3. The van der Waals surface area contributed by atoms with E-state index >= 15 is 0 Å². The zero-order valence-corrected chi connectivity index (χ0v) is 10.5. The van der Waals surface area contributed by atoms with E-state index in [1.807, 2.05) is 24.3 Å². The Labute approximate surface area is 106 Å². The fourth-order valence-electron chi connectivity index (χ4n) is 1.28. The van der Waals surface area contributed by atoms with E-state index in [9.17, 15) is 4.79 Å². The molecule has 0 spiro atoms. The van der Waals surface area contributed by atoms with Gasteiger partial charge in [0.1, 0.15) is 5.71 Å². The summed E-state index contributed by atoms with van der Waals surface area (Å²) < 4.78 is 0.981. The lowest BCUT2D eigenvalue weighted by Gasteiger charge is -1.96. The van der Waals surface area contributed by atoms with Crippen LogP contribution in [0.4, 0.5) is 0 Å². The van der Waals surface area contributed by atoms with Gasteiger partial charge in [0.15, 0.2) is 0 Å². The molecule has 0 saturated carbocycles. The maximum Gasteiger partial charge on any atom is 0.367 e. The Kier molecular flexibility index (Phi) is 3.41. The standard InChI is InChI=1S/C11H7BrClNO2/c12-8-3-1-7(2-4-8)5-9-10(6-13)14-16-11(9)15/h1-5H,6H2/b9-5-. The van der Waals surface area contributed by atoms with Crippen LogP contribution >= 0.6 is 27.5 Å². The molecule has 5 heteroatoms. The highest BCUT2D eigenvalue weighted by Gasteiger charge is 2.24. The minimum Gasteiger partial charge on any atom is -0.312 e. The van der Waals surface area contributed by atoms with Gasteiger partial charge in [-0.05, 0) is 23.8 Å². The molecule has 0 aliphatic carbocycles. The Morgan fingerprint density at radius 3 is 2.69 bits per heavy atom. The average Bonchev–Trinajstić information content (AvgIpc) is 2.63. The first-order valence-corrected chi connectivity index (χ1v) is 5.85. The summed E-state index contributed by atoms with van der Waals surface area (Å²) in [6.45, 7) is 0. The van der Waals surface area contributed by atoms with Gasteiger partial charge in [0, 0.05) is 4.47 Å². The fourth-order valence-corrected chi connectivity index (χ4v) is 1.73. The zero-order valence-electron chi connectivity index (χ0n) is 8.11. The molecular formula is C11H7BrClNO2. The van der Waals surface area contributed by atoms with Gasteiger partial charge in [-0.2, -0.15) is 0 Å². The van der Waals surface area contributed by atoms with Crippen LogP contribution < -0.4 is 0 Å². The number of oxime groups is 1. The van der Waals surface area contributed by atoms with Gasteiger partial charge in [-0.25, -0.2) is 4.79 Å². The third-order valence-corrected chi connectivity index (χ3v) is 2.86. The molecule has 0 radical (unpaired) electrons. The van der Waals surface area contributed by atoms with Gasteiger partial charge >= 0.3 is 5.97 Å². The Balaban J connectivity index is 2.33. The van der Waals surface area contributed by atoms with Crippen LogP contribution in [0.3, 0.4) is 0 Å².